The summed E-state index contributed by atoms with van der Waals surface area (Å²) in [6, 6.07) is 6.99. The van der Waals surface area contributed by atoms with Crippen LogP contribution in [-0.4, -0.2) is 53.8 Å². The maximum atomic E-state index is 12.8. The maximum Gasteiger partial charge on any atom is 0.433 e. The van der Waals surface area contributed by atoms with Crippen LogP contribution < -0.4 is 4.90 Å². The van der Waals surface area contributed by atoms with Gasteiger partial charge in [-0.15, -0.1) is 0 Å². The first kappa shape index (κ1) is 21.1. The van der Waals surface area contributed by atoms with E-state index in [-0.39, 0.29) is 12.1 Å². The lowest BCUT2D eigenvalue weighted by Gasteiger charge is -2.44. The van der Waals surface area contributed by atoms with Gasteiger partial charge in [0.1, 0.15) is 5.69 Å². The molecule has 0 N–H and O–H groups in total. The Balaban J connectivity index is 1.46. The van der Waals surface area contributed by atoms with Gasteiger partial charge in [-0.05, 0) is 49.4 Å². The molecule has 4 heterocycles. The maximum absolute atomic E-state index is 12.8. The van der Waals surface area contributed by atoms with E-state index < -0.39 is 11.9 Å². The number of anilines is 1. The van der Waals surface area contributed by atoms with E-state index in [9.17, 15) is 13.2 Å². The van der Waals surface area contributed by atoms with Crippen LogP contribution in [0.25, 0.3) is 0 Å². The van der Waals surface area contributed by atoms with Gasteiger partial charge in [0.05, 0.1) is 24.6 Å². The lowest BCUT2D eigenvalue weighted by molar-refractivity contribution is -0.141. The third-order valence-corrected chi connectivity index (χ3v) is 6.08. The number of ether oxygens (including phenoxy) is 1. The van der Waals surface area contributed by atoms with E-state index in [1.807, 2.05) is 12.3 Å². The molecule has 8 heteroatoms. The Morgan fingerprint density at radius 1 is 1.10 bits per heavy atom. The fourth-order valence-corrected chi connectivity index (χ4v) is 4.64. The van der Waals surface area contributed by atoms with Crippen LogP contribution in [0.3, 0.4) is 0 Å². The van der Waals surface area contributed by atoms with E-state index in [4.69, 9.17) is 4.74 Å². The van der Waals surface area contributed by atoms with Crippen LogP contribution in [-0.2, 0) is 10.9 Å². The zero-order valence-corrected chi connectivity index (χ0v) is 17.1. The average Bonchev–Trinajstić information content (AvgIpc) is 2.75. The van der Waals surface area contributed by atoms with Gasteiger partial charge >= 0.3 is 6.18 Å². The second-order valence-corrected chi connectivity index (χ2v) is 8.13. The number of hydrogen-bond donors (Lipinski definition) is 0. The summed E-state index contributed by atoms with van der Waals surface area (Å²) in [6.07, 6.45) is 2.82. The van der Waals surface area contributed by atoms with Crippen LogP contribution in [0.2, 0.25) is 0 Å². The van der Waals surface area contributed by atoms with E-state index in [0.717, 1.165) is 57.4 Å². The van der Waals surface area contributed by atoms with Crippen molar-refractivity contribution in [2.75, 3.05) is 37.7 Å². The Labute approximate surface area is 174 Å². The number of halogens is 3. The second kappa shape index (κ2) is 8.89. The summed E-state index contributed by atoms with van der Waals surface area (Å²) in [5.74, 6) is 0.457. The number of aromatic nitrogens is 2. The smallest absolute Gasteiger partial charge is 0.376 e. The molecule has 0 saturated carbocycles. The molecule has 4 rings (SSSR count). The molecule has 0 radical (unpaired) electrons. The highest BCUT2D eigenvalue weighted by atomic mass is 19.4. The molecule has 0 aromatic carbocycles. The monoisotopic (exact) mass is 420 g/mol. The first-order valence-corrected chi connectivity index (χ1v) is 10.5. The molecule has 2 aliphatic rings. The van der Waals surface area contributed by atoms with Crippen LogP contribution in [0.15, 0.2) is 42.9 Å². The van der Waals surface area contributed by atoms with Crippen LogP contribution in [0.5, 0.6) is 0 Å². The lowest BCUT2D eigenvalue weighted by atomic mass is 9.84. The number of pyridine rings is 2. The molecule has 2 unspecified atom stereocenters. The quantitative estimate of drug-likeness (QED) is 0.743. The van der Waals surface area contributed by atoms with Crippen LogP contribution in [0, 0.1) is 5.92 Å². The number of piperidine rings is 1. The molecule has 0 spiro atoms. The highest BCUT2D eigenvalue weighted by Gasteiger charge is 2.35. The Morgan fingerprint density at radius 3 is 2.50 bits per heavy atom. The van der Waals surface area contributed by atoms with Crippen LogP contribution in [0.4, 0.5) is 18.9 Å². The van der Waals surface area contributed by atoms with Crippen LogP contribution >= 0.6 is 0 Å². The molecular weight excluding hydrogens is 393 g/mol. The Morgan fingerprint density at radius 2 is 1.90 bits per heavy atom. The van der Waals surface area contributed by atoms with Gasteiger partial charge in [-0.25, -0.2) is 4.98 Å². The summed E-state index contributed by atoms with van der Waals surface area (Å²) in [7, 11) is 0. The molecule has 0 amide bonds. The van der Waals surface area contributed by atoms with Gasteiger partial charge in [0.15, 0.2) is 0 Å². The standard InChI is InChI=1S/C22H27F3N4O/c1-16-15-29(11-12-30-16)21(18-3-2-8-26-13-18)17-6-9-28(10-7-17)19-4-5-20(27-14-19)22(23,24)25/h2-5,8,13-14,16-17,21H,6-7,9-12,15H2,1H3. The second-order valence-electron chi connectivity index (χ2n) is 8.13. The summed E-state index contributed by atoms with van der Waals surface area (Å²) >= 11 is 0. The van der Waals surface area contributed by atoms with Gasteiger partial charge in [0.25, 0.3) is 0 Å². The highest BCUT2D eigenvalue weighted by Crippen LogP contribution is 2.37. The molecule has 2 atom stereocenters. The van der Waals surface area contributed by atoms with Crippen molar-refractivity contribution >= 4 is 5.69 Å². The van der Waals surface area contributed by atoms with Crippen molar-refractivity contribution in [2.24, 2.45) is 5.92 Å². The summed E-state index contributed by atoms with van der Waals surface area (Å²) < 4.78 is 44.1. The number of hydrogen-bond acceptors (Lipinski definition) is 5. The number of morpholine rings is 1. The van der Waals surface area contributed by atoms with E-state index in [2.05, 4.69) is 32.8 Å². The molecule has 30 heavy (non-hydrogen) atoms. The molecule has 0 aliphatic carbocycles. The van der Waals surface area contributed by atoms with Crippen molar-refractivity contribution in [3.05, 3.63) is 54.1 Å². The topological polar surface area (TPSA) is 41.5 Å². The Hall–Kier alpha value is -2.19. The Kier molecular flexibility index (Phi) is 6.24. The number of rotatable bonds is 4. The number of nitrogens with zero attached hydrogens (tertiary/aromatic N) is 4. The van der Waals surface area contributed by atoms with Gasteiger partial charge in [0, 0.05) is 44.6 Å². The van der Waals surface area contributed by atoms with E-state index in [0.29, 0.717) is 5.92 Å². The molecule has 2 fully saturated rings. The van der Waals surface area contributed by atoms with Crippen molar-refractivity contribution in [3.63, 3.8) is 0 Å². The van der Waals surface area contributed by atoms with Crippen molar-refractivity contribution in [1.82, 2.24) is 14.9 Å². The molecule has 2 aromatic rings. The molecule has 2 aromatic heterocycles. The van der Waals surface area contributed by atoms with E-state index >= 15 is 0 Å². The van der Waals surface area contributed by atoms with Crippen molar-refractivity contribution in [1.29, 1.82) is 0 Å². The summed E-state index contributed by atoms with van der Waals surface area (Å²) in [5.41, 5.74) is 1.12. The largest absolute Gasteiger partial charge is 0.433 e. The van der Waals surface area contributed by atoms with Gasteiger partial charge < -0.3 is 9.64 Å². The fraction of sp³-hybridized carbons (Fsp3) is 0.545. The summed E-state index contributed by atoms with van der Waals surface area (Å²) in [6.45, 7) is 6.22. The summed E-state index contributed by atoms with van der Waals surface area (Å²) in [4.78, 5) is 12.6. The van der Waals surface area contributed by atoms with Gasteiger partial charge in [0.2, 0.25) is 0 Å². The minimum absolute atomic E-state index is 0.205. The first-order chi connectivity index (χ1) is 14.4. The van der Waals surface area contributed by atoms with E-state index in [1.165, 1.54) is 17.8 Å². The fourth-order valence-electron chi connectivity index (χ4n) is 4.64. The molecule has 0 bridgehead atoms. The average molecular weight is 420 g/mol. The zero-order valence-electron chi connectivity index (χ0n) is 17.1. The minimum Gasteiger partial charge on any atom is -0.376 e. The Bertz CT molecular complexity index is 807. The highest BCUT2D eigenvalue weighted by molar-refractivity contribution is 5.45. The van der Waals surface area contributed by atoms with Gasteiger partial charge in [-0.1, -0.05) is 6.07 Å². The number of alkyl halides is 3. The summed E-state index contributed by atoms with van der Waals surface area (Å²) in [5, 5.41) is 0. The predicted molar refractivity (Wildman–Crippen MR) is 108 cm³/mol. The minimum atomic E-state index is -4.41. The third-order valence-electron chi connectivity index (χ3n) is 6.08. The molecular formula is C22H27F3N4O. The van der Waals surface area contributed by atoms with Crippen molar-refractivity contribution < 1.29 is 17.9 Å². The molecule has 5 nitrogen and oxygen atoms in total. The first-order valence-electron chi connectivity index (χ1n) is 10.5. The zero-order chi connectivity index (χ0) is 21.1. The lowest BCUT2D eigenvalue weighted by Crippen LogP contribution is -2.47. The van der Waals surface area contributed by atoms with Crippen molar-refractivity contribution in [3.8, 4) is 0 Å². The van der Waals surface area contributed by atoms with Crippen molar-refractivity contribution in [2.45, 2.75) is 38.1 Å². The molecule has 162 valence electrons. The normalized spacial score (nSPS) is 22.8. The predicted octanol–water partition coefficient (Wildman–Crippen LogP) is 4.17. The SMILES string of the molecule is CC1CN(C(c2cccnc2)C2CCN(c3ccc(C(F)(F)F)nc3)CC2)CCO1. The van der Waals surface area contributed by atoms with Gasteiger partial charge in [-0.3, -0.25) is 9.88 Å². The molecule has 2 saturated heterocycles. The molecule has 2 aliphatic heterocycles. The van der Waals surface area contributed by atoms with Gasteiger partial charge in [-0.2, -0.15) is 13.2 Å². The van der Waals surface area contributed by atoms with Crippen LogP contribution in [0.1, 0.15) is 37.1 Å². The van der Waals surface area contributed by atoms with E-state index in [1.54, 1.807) is 6.20 Å². The third kappa shape index (κ3) is 4.75.